The summed E-state index contributed by atoms with van der Waals surface area (Å²) in [5.74, 6) is 0.416. The predicted octanol–water partition coefficient (Wildman–Crippen LogP) is 1.95. The highest BCUT2D eigenvalue weighted by Crippen LogP contribution is 2.25. The molecular weight excluding hydrogens is 320 g/mol. The summed E-state index contributed by atoms with van der Waals surface area (Å²) >= 11 is 3.37. The highest BCUT2D eigenvalue weighted by atomic mass is 79.9. The van der Waals surface area contributed by atoms with E-state index in [4.69, 9.17) is 5.73 Å². The van der Waals surface area contributed by atoms with Crippen LogP contribution in [0.4, 0.5) is 5.69 Å². The zero-order valence-electron chi connectivity index (χ0n) is 10.9. The van der Waals surface area contributed by atoms with E-state index in [-0.39, 0.29) is 11.8 Å². The fourth-order valence-electron chi connectivity index (χ4n) is 2.42. The van der Waals surface area contributed by atoms with Crippen LogP contribution in [0, 0.1) is 5.92 Å². The van der Waals surface area contributed by atoms with Crippen LogP contribution >= 0.6 is 15.9 Å². The van der Waals surface area contributed by atoms with Gasteiger partial charge in [-0.05, 0) is 52.7 Å². The van der Waals surface area contributed by atoms with Crippen molar-refractivity contribution in [2.75, 3.05) is 18.0 Å². The average Bonchev–Trinajstić information content (AvgIpc) is 3.05. The largest absolute Gasteiger partial charge is 0.330 e. The number of hydrogen-bond acceptors (Lipinski definition) is 3. The van der Waals surface area contributed by atoms with Gasteiger partial charge >= 0.3 is 0 Å². The molecular formula is C14H15BrN4O. The molecule has 1 amide bonds. The molecule has 1 aromatic heterocycles. The van der Waals surface area contributed by atoms with Crippen molar-refractivity contribution in [3.63, 3.8) is 0 Å². The summed E-state index contributed by atoms with van der Waals surface area (Å²) < 4.78 is 2.71. The van der Waals surface area contributed by atoms with Gasteiger partial charge in [0.2, 0.25) is 5.91 Å². The third-order valence-electron chi connectivity index (χ3n) is 3.52. The molecule has 1 aromatic carbocycles. The van der Waals surface area contributed by atoms with Gasteiger partial charge in [-0.2, -0.15) is 5.10 Å². The third kappa shape index (κ3) is 2.48. The molecule has 1 atom stereocenters. The number of amides is 1. The van der Waals surface area contributed by atoms with Gasteiger partial charge in [0.25, 0.3) is 0 Å². The summed E-state index contributed by atoms with van der Waals surface area (Å²) in [6.07, 6.45) is 4.18. The number of aromatic nitrogens is 2. The molecule has 0 aliphatic carbocycles. The topological polar surface area (TPSA) is 64.2 Å². The second-order valence-corrected chi connectivity index (χ2v) is 5.85. The van der Waals surface area contributed by atoms with Crippen molar-refractivity contribution in [2.24, 2.45) is 11.7 Å². The highest BCUT2D eigenvalue weighted by Gasteiger charge is 2.29. The van der Waals surface area contributed by atoms with E-state index < -0.39 is 0 Å². The normalized spacial score (nSPS) is 18.8. The molecule has 6 heteroatoms. The minimum absolute atomic E-state index is 0.148. The lowest BCUT2D eigenvalue weighted by molar-refractivity contribution is -0.117. The van der Waals surface area contributed by atoms with E-state index in [1.54, 1.807) is 15.8 Å². The second kappa shape index (κ2) is 5.38. The van der Waals surface area contributed by atoms with Gasteiger partial charge < -0.3 is 10.6 Å². The summed E-state index contributed by atoms with van der Waals surface area (Å²) in [5, 5.41) is 4.23. The van der Waals surface area contributed by atoms with Crippen molar-refractivity contribution < 1.29 is 4.79 Å². The van der Waals surface area contributed by atoms with Gasteiger partial charge in [-0.3, -0.25) is 4.79 Å². The number of carbonyl (C=O) groups excluding carboxylic acids is 1. The lowest BCUT2D eigenvalue weighted by Gasteiger charge is -2.17. The lowest BCUT2D eigenvalue weighted by Crippen LogP contribution is -2.25. The smallest absolute Gasteiger partial charge is 0.227 e. The number of anilines is 1. The summed E-state index contributed by atoms with van der Waals surface area (Å²) in [4.78, 5) is 13.8. The molecule has 1 fully saturated rings. The number of nitrogens with zero attached hydrogens (tertiary/aromatic N) is 3. The Balaban J connectivity index is 1.81. The maximum absolute atomic E-state index is 11.9. The number of nitrogens with two attached hydrogens (primary N) is 1. The van der Waals surface area contributed by atoms with Gasteiger partial charge in [0, 0.05) is 24.8 Å². The molecule has 2 N–H and O–H groups in total. The Bertz CT molecular complexity index is 622. The number of hydrogen-bond donors (Lipinski definition) is 1. The van der Waals surface area contributed by atoms with Gasteiger partial charge in [-0.1, -0.05) is 0 Å². The van der Waals surface area contributed by atoms with E-state index >= 15 is 0 Å². The van der Waals surface area contributed by atoms with Gasteiger partial charge in [-0.15, -0.1) is 0 Å². The first-order valence-corrected chi connectivity index (χ1v) is 7.27. The number of carbonyl (C=O) groups is 1. The van der Waals surface area contributed by atoms with Crippen LogP contribution < -0.4 is 10.6 Å². The van der Waals surface area contributed by atoms with E-state index in [1.165, 1.54) is 0 Å². The van der Waals surface area contributed by atoms with E-state index in [1.807, 2.05) is 30.5 Å². The highest BCUT2D eigenvalue weighted by molar-refractivity contribution is 9.10. The molecule has 0 bridgehead atoms. The van der Waals surface area contributed by atoms with Crippen LogP contribution in [-0.4, -0.2) is 28.8 Å². The SMILES string of the molecule is NCC1CC(=O)N(c2ccc(-n3cc(Br)cn3)cc2)C1. The lowest BCUT2D eigenvalue weighted by atomic mass is 10.1. The summed E-state index contributed by atoms with van der Waals surface area (Å²) in [5.41, 5.74) is 7.52. The number of benzene rings is 1. The van der Waals surface area contributed by atoms with Crippen LogP contribution in [0.15, 0.2) is 41.1 Å². The molecule has 2 aromatic rings. The minimum Gasteiger partial charge on any atom is -0.330 e. The summed E-state index contributed by atoms with van der Waals surface area (Å²) in [6, 6.07) is 7.80. The number of rotatable bonds is 3. The van der Waals surface area contributed by atoms with Crippen molar-refractivity contribution in [3.05, 3.63) is 41.1 Å². The molecule has 0 spiro atoms. The number of halogens is 1. The van der Waals surface area contributed by atoms with Crippen molar-refractivity contribution in [3.8, 4) is 5.69 Å². The van der Waals surface area contributed by atoms with Crippen LogP contribution in [0.3, 0.4) is 0 Å². The molecule has 104 valence electrons. The zero-order chi connectivity index (χ0) is 14.1. The fourth-order valence-corrected chi connectivity index (χ4v) is 2.70. The van der Waals surface area contributed by atoms with Crippen molar-refractivity contribution in [1.29, 1.82) is 0 Å². The minimum atomic E-state index is 0.148. The Morgan fingerprint density at radius 3 is 2.55 bits per heavy atom. The van der Waals surface area contributed by atoms with Crippen LogP contribution in [0.25, 0.3) is 5.69 Å². The maximum Gasteiger partial charge on any atom is 0.227 e. The zero-order valence-corrected chi connectivity index (χ0v) is 12.5. The molecule has 1 saturated heterocycles. The molecule has 1 unspecified atom stereocenters. The summed E-state index contributed by atoms with van der Waals surface area (Å²) in [6.45, 7) is 1.27. The van der Waals surface area contributed by atoms with Crippen LogP contribution in [0.1, 0.15) is 6.42 Å². The quantitative estimate of drug-likeness (QED) is 0.932. The van der Waals surface area contributed by atoms with E-state index in [9.17, 15) is 4.79 Å². The Labute approximate surface area is 125 Å². The molecule has 1 aliphatic heterocycles. The van der Waals surface area contributed by atoms with Gasteiger partial charge in [-0.25, -0.2) is 4.68 Å². The molecule has 3 rings (SSSR count). The first kappa shape index (κ1) is 13.3. The maximum atomic E-state index is 11.9. The average molecular weight is 335 g/mol. The Kier molecular flexibility index (Phi) is 3.58. The predicted molar refractivity (Wildman–Crippen MR) is 80.8 cm³/mol. The second-order valence-electron chi connectivity index (χ2n) is 4.93. The summed E-state index contributed by atoms with van der Waals surface area (Å²) in [7, 11) is 0. The van der Waals surface area contributed by atoms with Crippen LogP contribution in [0.2, 0.25) is 0 Å². The molecule has 0 radical (unpaired) electrons. The monoisotopic (exact) mass is 334 g/mol. The Hall–Kier alpha value is -1.66. The van der Waals surface area contributed by atoms with E-state index in [0.29, 0.717) is 19.5 Å². The standard InChI is InChI=1S/C14H15BrN4O/c15-11-7-17-19(9-11)13-3-1-12(2-4-13)18-8-10(6-16)5-14(18)20/h1-4,7,9-10H,5-6,8,16H2. The van der Waals surface area contributed by atoms with Crippen molar-refractivity contribution >= 4 is 27.5 Å². The van der Waals surface area contributed by atoms with Gasteiger partial charge in [0.05, 0.1) is 16.4 Å². The molecule has 0 saturated carbocycles. The molecule has 1 aliphatic rings. The first-order valence-electron chi connectivity index (χ1n) is 6.48. The molecule has 5 nitrogen and oxygen atoms in total. The Morgan fingerprint density at radius 2 is 2.00 bits per heavy atom. The molecule has 20 heavy (non-hydrogen) atoms. The third-order valence-corrected chi connectivity index (χ3v) is 3.92. The molecule has 2 heterocycles. The fraction of sp³-hybridized carbons (Fsp3) is 0.286. The van der Waals surface area contributed by atoms with Crippen LogP contribution in [-0.2, 0) is 4.79 Å². The first-order chi connectivity index (χ1) is 9.67. The van der Waals surface area contributed by atoms with Crippen molar-refractivity contribution in [2.45, 2.75) is 6.42 Å². The van der Waals surface area contributed by atoms with Crippen LogP contribution in [0.5, 0.6) is 0 Å². The van der Waals surface area contributed by atoms with E-state index in [2.05, 4.69) is 21.0 Å². The van der Waals surface area contributed by atoms with Gasteiger partial charge in [0.15, 0.2) is 0 Å². The Morgan fingerprint density at radius 1 is 1.30 bits per heavy atom. The van der Waals surface area contributed by atoms with Crippen molar-refractivity contribution in [1.82, 2.24) is 9.78 Å². The van der Waals surface area contributed by atoms with Gasteiger partial charge in [0.1, 0.15) is 0 Å². The van der Waals surface area contributed by atoms with E-state index in [0.717, 1.165) is 15.8 Å².